The molecular formula is C13H13N3O2. The van der Waals surface area contributed by atoms with Crippen LogP contribution in [0.2, 0.25) is 0 Å². The highest BCUT2D eigenvalue weighted by Gasteiger charge is 2.20. The first-order chi connectivity index (χ1) is 8.70. The Morgan fingerprint density at radius 1 is 1.44 bits per heavy atom. The van der Waals surface area contributed by atoms with Crippen LogP contribution in [0.3, 0.4) is 0 Å². The summed E-state index contributed by atoms with van der Waals surface area (Å²) in [5, 5.41) is 5.40. The van der Waals surface area contributed by atoms with Gasteiger partial charge in [0.25, 0.3) is 0 Å². The number of hydrogen-bond acceptors (Lipinski definition) is 2. The van der Waals surface area contributed by atoms with Crippen LogP contribution in [0.1, 0.15) is 6.42 Å². The molecule has 92 valence electrons. The van der Waals surface area contributed by atoms with Gasteiger partial charge in [-0.25, -0.2) is 4.79 Å². The molecule has 1 fully saturated rings. The van der Waals surface area contributed by atoms with Gasteiger partial charge in [0.15, 0.2) is 0 Å². The summed E-state index contributed by atoms with van der Waals surface area (Å²) in [7, 11) is 0. The van der Waals surface area contributed by atoms with Crippen LogP contribution in [0.4, 0.5) is 16.2 Å². The number of nitrogens with zero attached hydrogens (tertiary/aromatic N) is 1. The zero-order valence-electron chi connectivity index (χ0n) is 9.77. The third-order valence-corrected chi connectivity index (χ3v) is 2.58. The van der Waals surface area contributed by atoms with Gasteiger partial charge >= 0.3 is 6.03 Å². The number of benzene rings is 1. The van der Waals surface area contributed by atoms with E-state index < -0.39 is 0 Å². The molecule has 1 aromatic carbocycles. The summed E-state index contributed by atoms with van der Waals surface area (Å²) < 4.78 is 0. The number of urea groups is 1. The highest BCUT2D eigenvalue weighted by molar-refractivity contribution is 5.95. The minimum absolute atomic E-state index is 0.0519. The number of carbonyl (C=O) groups is 2. The van der Waals surface area contributed by atoms with E-state index in [0.717, 1.165) is 5.69 Å². The molecule has 0 unspecified atom stereocenters. The fourth-order valence-electron chi connectivity index (χ4n) is 1.74. The Balaban J connectivity index is 2.04. The van der Waals surface area contributed by atoms with Crippen molar-refractivity contribution < 1.29 is 9.59 Å². The third kappa shape index (κ3) is 2.61. The zero-order chi connectivity index (χ0) is 13.0. The van der Waals surface area contributed by atoms with Crippen LogP contribution in [0, 0.1) is 12.3 Å². The summed E-state index contributed by atoms with van der Waals surface area (Å²) in [6.45, 7) is 1.31. The van der Waals surface area contributed by atoms with Crippen LogP contribution in [0.25, 0.3) is 0 Å². The third-order valence-electron chi connectivity index (χ3n) is 2.58. The van der Waals surface area contributed by atoms with Gasteiger partial charge in [0.1, 0.15) is 0 Å². The molecule has 0 spiro atoms. The van der Waals surface area contributed by atoms with Crippen molar-refractivity contribution in [1.82, 2.24) is 5.32 Å². The Bertz CT molecular complexity index is 502. The molecule has 0 aliphatic carbocycles. The van der Waals surface area contributed by atoms with E-state index in [4.69, 9.17) is 6.42 Å². The van der Waals surface area contributed by atoms with E-state index >= 15 is 0 Å². The van der Waals surface area contributed by atoms with E-state index in [1.165, 1.54) is 0 Å². The number of nitrogens with one attached hydrogen (secondary N) is 2. The van der Waals surface area contributed by atoms with Gasteiger partial charge in [0, 0.05) is 24.5 Å². The average molecular weight is 243 g/mol. The number of hydrogen-bond donors (Lipinski definition) is 2. The largest absolute Gasteiger partial charge is 0.336 e. The lowest BCUT2D eigenvalue weighted by molar-refractivity contribution is -0.115. The first-order valence-corrected chi connectivity index (χ1v) is 5.59. The second-order valence-corrected chi connectivity index (χ2v) is 3.86. The molecule has 1 aliphatic heterocycles. The van der Waals surface area contributed by atoms with Crippen molar-refractivity contribution >= 4 is 23.3 Å². The van der Waals surface area contributed by atoms with Crippen molar-refractivity contribution in [2.45, 2.75) is 6.42 Å². The molecule has 2 N–H and O–H groups in total. The molecule has 3 amide bonds. The quantitative estimate of drug-likeness (QED) is 0.783. The molecule has 1 saturated heterocycles. The Hall–Kier alpha value is -2.48. The highest BCUT2D eigenvalue weighted by Crippen LogP contribution is 2.19. The molecule has 5 nitrogen and oxygen atoms in total. The fourth-order valence-corrected chi connectivity index (χ4v) is 1.74. The summed E-state index contributed by atoms with van der Waals surface area (Å²) in [6.07, 6.45) is 5.10. The normalized spacial score (nSPS) is 13.9. The molecule has 0 radical (unpaired) electrons. The van der Waals surface area contributed by atoms with Crippen molar-refractivity contribution in [3.63, 3.8) is 0 Å². The van der Waals surface area contributed by atoms with Gasteiger partial charge in [-0.3, -0.25) is 9.69 Å². The highest BCUT2D eigenvalue weighted by atomic mass is 16.2. The number of amides is 3. The summed E-state index contributed by atoms with van der Waals surface area (Å²) in [5.41, 5.74) is 1.47. The average Bonchev–Trinajstić information content (AvgIpc) is 2.77. The predicted octanol–water partition coefficient (Wildman–Crippen LogP) is 1.18. The maximum atomic E-state index is 11.4. The molecule has 0 saturated carbocycles. The lowest BCUT2D eigenvalue weighted by Crippen LogP contribution is -2.27. The maximum Gasteiger partial charge on any atom is 0.321 e. The first-order valence-electron chi connectivity index (χ1n) is 5.59. The fraction of sp³-hybridized carbons (Fsp3) is 0.231. The molecule has 1 heterocycles. The van der Waals surface area contributed by atoms with Crippen molar-refractivity contribution in [3.05, 3.63) is 24.3 Å². The van der Waals surface area contributed by atoms with E-state index in [1.54, 1.807) is 29.2 Å². The molecule has 5 heteroatoms. The zero-order valence-corrected chi connectivity index (χ0v) is 9.77. The molecule has 18 heavy (non-hydrogen) atoms. The molecule has 0 aromatic heterocycles. The van der Waals surface area contributed by atoms with E-state index in [1.807, 2.05) is 0 Å². The van der Waals surface area contributed by atoms with Crippen molar-refractivity contribution in [1.29, 1.82) is 0 Å². The van der Waals surface area contributed by atoms with E-state index in [9.17, 15) is 9.59 Å². The number of rotatable bonds is 3. The Morgan fingerprint density at radius 3 is 2.72 bits per heavy atom. The topological polar surface area (TPSA) is 61.4 Å². The molecule has 0 bridgehead atoms. The van der Waals surface area contributed by atoms with Gasteiger partial charge in [0.2, 0.25) is 5.91 Å². The molecule has 1 aliphatic rings. The minimum atomic E-state index is -0.218. The summed E-state index contributed by atoms with van der Waals surface area (Å²) in [6, 6.07) is 6.97. The predicted molar refractivity (Wildman–Crippen MR) is 69.3 cm³/mol. The van der Waals surface area contributed by atoms with Crippen molar-refractivity contribution in [2.24, 2.45) is 0 Å². The van der Waals surface area contributed by atoms with Crippen LogP contribution >= 0.6 is 0 Å². The van der Waals surface area contributed by atoms with E-state index in [0.29, 0.717) is 18.8 Å². The second-order valence-electron chi connectivity index (χ2n) is 3.86. The summed E-state index contributed by atoms with van der Waals surface area (Å²) in [4.78, 5) is 24.4. The maximum absolute atomic E-state index is 11.4. The van der Waals surface area contributed by atoms with Crippen molar-refractivity contribution in [2.75, 3.05) is 23.3 Å². The molecular weight excluding hydrogens is 230 g/mol. The van der Waals surface area contributed by atoms with Crippen LogP contribution in [0.15, 0.2) is 24.3 Å². The SMILES string of the molecule is C#CCC(=O)Nc1ccc(N2CCNC2=O)cc1. The Kier molecular flexibility index (Phi) is 3.49. The number of carbonyl (C=O) groups excluding carboxylic acids is 2. The van der Waals surface area contributed by atoms with Crippen LogP contribution in [0.5, 0.6) is 0 Å². The number of anilines is 2. The first kappa shape index (κ1) is 12.0. The van der Waals surface area contributed by atoms with Gasteiger partial charge in [0.05, 0.1) is 6.42 Å². The van der Waals surface area contributed by atoms with Gasteiger partial charge in [-0.05, 0) is 24.3 Å². The standard InChI is InChI=1S/C13H13N3O2/c1-2-3-12(17)15-10-4-6-11(7-5-10)16-9-8-14-13(16)18/h1,4-7H,3,8-9H2,(H,14,18)(H,15,17). The number of terminal acetylenes is 1. The van der Waals surface area contributed by atoms with E-state index in [2.05, 4.69) is 16.6 Å². The van der Waals surface area contributed by atoms with E-state index in [-0.39, 0.29) is 18.4 Å². The smallest absolute Gasteiger partial charge is 0.321 e. The van der Waals surface area contributed by atoms with Crippen LogP contribution < -0.4 is 15.5 Å². The second kappa shape index (κ2) is 5.23. The lowest BCUT2D eigenvalue weighted by atomic mass is 10.2. The van der Waals surface area contributed by atoms with Crippen LogP contribution in [-0.4, -0.2) is 25.0 Å². The lowest BCUT2D eigenvalue weighted by Gasteiger charge is -2.14. The Labute approximate surface area is 105 Å². The van der Waals surface area contributed by atoms with Gasteiger partial charge in [-0.15, -0.1) is 6.42 Å². The van der Waals surface area contributed by atoms with Gasteiger partial charge < -0.3 is 10.6 Å². The molecule has 1 aromatic rings. The minimum Gasteiger partial charge on any atom is -0.336 e. The Morgan fingerprint density at radius 2 is 2.17 bits per heavy atom. The monoisotopic (exact) mass is 243 g/mol. The molecule has 0 atom stereocenters. The van der Waals surface area contributed by atoms with Gasteiger partial charge in [-0.1, -0.05) is 5.92 Å². The summed E-state index contributed by atoms with van der Waals surface area (Å²) >= 11 is 0. The summed E-state index contributed by atoms with van der Waals surface area (Å²) in [5.74, 6) is 2.06. The molecule has 2 rings (SSSR count). The van der Waals surface area contributed by atoms with Crippen LogP contribution in [-0.2, 0) is 4.79 Å². The van der Waals surface area contributed by atoms with Crippen molar-refractivity contribution in [3.8, 4) is 12.3 Å². The van der Waals surface area contributed by atoms with Gasteiger partial charge in [-0.2, -0.15) is 0 Å².